The molecule has 0 saturated carbocycles. The third kappa shape index (κ3) is 6.54. The standard InChI is InChI=1S/C20H38N2/c1-6-8-10-12-14-20(4,15-13-11-9-7-2)16-19-17-21-22(5)18(19)3/h17H,6-16H2,1-5H3. The van der Waals surface area contributed by atoms with E-state index in [1.165, 1.54) is 81.9 Å². The molecule has 128 valence electrons. The molecule has 0 amide bonds. The molecule has 22 heavy (non-hydrogen) atoms. The largest absolute Gasteiger partial charge is 0.273 e. The Kier molecular flexibility index (Phi) is 8.82. The van der Waals surface area contributed by atoms with Crippen LogP contribution in [0.3, 0.4) is 0 Å². The van der Waals surface area contributed by atoms with Crippen molar-refractivity contribution in [3.8, 4) is 0 Å². The fourth-order valence-corrected chi connectivity index (χ4v) is 3.44. The molecule has 0 spiro atoms. The maximum atomic E-state index is 4.44. The molecule has 0 bridgehead atoms. The number of hydrogen-bond donors (Lipinski definition) is 0. The van der Waals surface area contributed by atoms with Crippen LogP contribution in [0.5, 0.6) is 0 Å². The van der Waals surface area contributed by atoms with Gasteiger partial charge in [-0.1, -0.05) is 72.1 Å². The number of aryl methyl sites for hydroxylation is 1. The van der Waals surface area contributed by atoms with Gasteiger partial charge in [-0.3, -0.25) is 4.68 Å². The fraction of sp³-hybridized carbons (Fsp3) is 0.850. The second-order valence-corrected chi connectivity index (χ2v) is 7.49. The van der Waals surface area contributed by atoms with E-state index in [-0.39, 0.29) is 0 Å². The lowest BCUT2D eigenvalue weighted by atomic mass is 9.75. The summed E-state index contributed by atoms with van der Waals surface area (Å²) in [4.78, 5) is 0. The smallest absolute Gasteiger partial charge is 0.0524 e. The quantitative estimate of drug-likeness (QED) is 0.419. The summed E-state index contributed by atoms with van der Waals surface area (Å²) in [5.41, 5.74) is 3.25. The van der Waals surface area contributed by atoms with Gasteiger partial charge in [0.2, 0.25) is 0 Å². The number of rotatable bonds is 12. The SMILES string of the molecule is CCCCCCC(C)(CCCCCC)Cc1cnn(C)c1C. The van der Waals surface area contributed by atoms with Crippen LogP contribution in [0.2, 0.25) is 0 Å². The van der Waals surface area contributed by atoms with Gasteiger partial charge in [-0.2, -0.15) is 5.10 Å². The van der Waals surface area contributed by atoms with E-state index < -0.39 is 0 Å². The minimum atomic E-state index is 0.454. The Morgan fingerprint density at radius 3 is 1.91 bits per heavy atom. The molecule has 2 nitrogen and oxygen atoms in total. The molecule has 1 heterocycles. The van der Waals surface area contributed by atoms with Crippen molar-refractivity contribution in [2.24, 2.45) is 12.5 Å². The van der Waals surface area contributed by atoms with Crippen molar-refractivity contribution in [3.63, 3.8) is 0 Å². The first-order valence-electron chi connectivity index (χ1n) is 9.50. The Bertz CT molecular complexity index is 394. The van der Waals surface area contributed by atoms with Gasteiger partial charge in [-0.15, -0.1) is 0 Å². The molecule has 0 atom stereocenters. The molecular formula is C20H38N2. The van der Waals surface area contributed by atoms with E-state index in [4.69, 9.17) is 0 Å². The summed E-state index contributed by atoms with van der Waals surface area (Å²) in [7, 11) is 2.05. The van der Waals surface area contributed by atoms with Crippen molar-refractivity contribution >= 4 is 0 Å². The van der Waals surface area contributed by atoms with Crippen molar-refractivity contribution in [1.29, 1.82) is 0 Å². The van der Waals surface area contributed by atoms with Gasteiger partial charge in [-0.25, -0.2) is 0 Å². The molecule has 0 radical (unpaired) electrons. The van der Waals surface area contributed by atoms with Crippen LogP contribution in [-0.2, 0) is 13.5 Å². The molecule has 0 fully saturated rings. The van der Waals surface area contributed by atoms with Gasteiger partial charge in [0, 0.05) is 12.7 Å². The molecule has 0 aliphatic heterocycles. The van der Waals surface area contributed by atoms with E-state index in [1.54, 1.807) is 0 Å². The van der Waals surface area contributed by atoms with Crippen molar-refractivity contribution in [1.82, 2.24) is 9.78 Å². The zero-order chi connectivity index (χ0) is 16.4. The van der Waals surface area contributed by atoms with Gasteiger partial charge >= 0.3 is 0 Å². The molecule has 0 aliphatic rings. The van der Waals surface area contributed by atoms with E-state index in [0.29, 0.717) is 5.41 Å². The third-order valence-electron chi connectivity index (χ3n) is 5.22. The van der Waals surface area contributed by atoms with Crippen molar-refractivity contribution in [2.45, 2.75) is 98.3 Å². The van der Waals surface area contributed by atoms with Gasteiger partial charge in [0.1, 0.15) is 0 Å². The highest BCUT2D eigenvalue weighted by molar-refractivity contribution is 5.17. The summed E-state index contributed by atoms with van der Waals surface area (Å²) >= 11 is 0. The molecular weight excluding hydrogens is 268 g/mol. The van der Waals surface area contributed by atoms with E-state index >= 15 is 0 Å². The van der Waals surface area contributed by atoms with Gasteiger partial charge in [0.05, 0.1) is 6.20 Å². The van der Waals surface area contributed by atoms with Gasteiger partial charge < -0.3 is 0 Å². The maximum absolute atomic E-state index is 4.44. The number of nitrogens with zero attached hydrogens (tertiary/aromatic N) is 2. The zero-order valence-electron chi connectivity index (χ0n) is 15.7. The Hall–Kier alpha value is -0.790. The van der Waals surface area contributed by atoms with Crippen LogP contribution in [0.25, 0.3) is 0 Å². The first-order chi connectivity index (χ1) is 10.5. The Labute approximate surface area is 138 Å². The van der Waals surface area contributed by atoms with Crippen LogP contribution in [0.15, 0.2) is 6.20 Å². The summed E-state index contributed by atoms with van der Waals surface area (Å²) in [5, 5.41) is 4.44. The van der Waals surface area contributed by atoms with E-state index in [9.17, 15) is 0 Å². The van der Waals surface area contributed by atoms with Gasteiger partial charge in [-0.05, 0) is 37.2 Å². The van der Waals surface area contributed by atoms with E-state index in [0.717, 1.165) is 0 Å². The highest BCUT2D eigenvalue weighted by atomic mass is 15.3. The summed E-state index contributed by atoms with van der Waals surface area (Å²) < 4.78 is 2.02. The van der Waals surface area contributed by atoms with E-state index in [1.807, 2.05) is 4.68 Å². The van der Waals surface area contributed by atoms with Crippen LogP contribution in [-0.4, -0.2) is 9.78 Å². The summed E-state index contributed by atoms with van der Waals surface area (Å²) in [6.07, 6.45) is 17.0. The predicted molar refractivity (Wildman–Crippen MR) is 97.3 cm³/mol. The number of hydrogen-bond acceptors (Lipinski definition) is 1. The summed E-state index contributed by atoms with van der Waals surface area (Å²) in [6.45, 7) is 9.31. The van der Waals surface area contributed by atoms with Crippen molar-refractivity contribution < 1.29 is 0 Å². The Morgan fingerprint density at radius 1 is 0.955 bits per heavy atom. The fourth-order valence-electron chi connectivity index (χ4n) is 3.44. The van der Waals surface area contributed by atoms with Crippen LogP contribution >= 0.6 is 0 Å². The first-order valence-corrected chi connectivity index (χ1v) is 9.50. The molecule has 0 aliphatic carbocycles. The molecule has 1 aromatic rings. The number of unbranched alkanes of at least 4 members (excludes halogenated alkanes) is 6. The molecule has 0 unspecified atom stereocenters. The second kappa shape index (κ2) is 10.1. The van der Waals surface area contributed by atoms with Crippen LogP contribution < -0.4 is 0 Å². The van der Waals surface area contributed by atoms with Gasteiger partial charge in [0.25, 0.3) is 0 Å². The van der Waals surface area contributed by atoms with Gasteiger partial charge in [0.15, 0.2) is 0 Å². The van der Waals surface area contributed by atoms with Crippen LogP contribution in [0, 0.1) is 12.3 Å². The maximum Gasteiger partial charge on any atom is 0.0524 e. The average molecular weight is 307 g/mol. The van der Waals surface area contributed by atoms with Crippen LogP contribution in [0.1, 0.15) is 96.2 Å². The summed E-state index contributed by atoms with van der Waals surface area (Å²) in [5.74, 6) is 0. The Morgan fingerprint density at radius 2 is 1.50 bits per heavy atom. The van der Waals surface area contributed by atoms with Crippen LogP contribution in [0.4, 0.5) is 0 Å². The molecule has 0 N–H and O–H groups in total. The topological polar surface area (TPSA) is 17.8 Å². The highest BCUT2D eigenvalue weighted by Crippen LogP contribution is 2.35. The minimum absolute atomic E-state index is 0.454. The molecule has 2 heteroatoms. The molecule has 0 saturated heterocycles. The Balaban J connectivity index is 2.60. The minimum Gasteiger partial charge on any atom is -0.273 e. The third-order valence-corrected chi connectivity index (χ3v) is 5.22. The molecule has 0 aromatic carbocycles. The molecule has 1 rings (SSSR count). The number of aromatic nitrogens is 2. The average Bonchev–Trinajstić information content (AvgIpc) is 2.80. The first kappa shape index (κ1) is 19.3. The van der Waals surface area contributed by atoms with Crippen molar-refractivity contribution in [3.05, 3.63) is 17.5 Å². The zero-order valence-corrected chi connectivity index (χ0v) is 15.7. The normalized spacial score (nSPS) is 12.0. The second-order valence-electron chi connectivity index (χ2n) is 7.49. The molecule has 1 aromatic heterocycles. The lowest BCUT2D eigenvalue weighted by Gasteiger charge is -2.30. The lowest BCUT2D eigenvalue weighted by molar-refractivity contribution is 0.248. The predicted octanol–water partition coefficient (Wildman–Crippen LogP) is 6.22. The monoisotopic (exact) mass is 306 g/mol. The lowest BCUT2D eigenvalue weighted by Crippen LogP contribution is -2.20. The highest BCUT2D eigenvalue weighted by Gasteiger charge is 2.25. The van der Waals surface area contributed by atoms with Crippen molar-refractivity contribution in [2.75, 3.05) is 0 Å². The summed E-state index contributed by atoms with van der Waals surface area (Å²) in [6, 6.07) is 0. The van der Waals surface area contributed by atoms with E-state index in [2.05, 4.69) is 46.0 Å².